The van der Waals surface area contributed by atoms with Crippen molar-refractivity contribution in [2.45, 2.75) is 10.9 Å². The summed E-state index contributed by atoms with van der Waals surface area (Å²) >= 11 is 6.33. The number of methoxy groups -OCH3 is 1. The van der Waals surface area contributed by atoms with E-state index < -0.39 is 27.7 Å². The summed E-state index contributed by atoms with van der Waals surface area (Å²) in [6, 6.07) is 18.0. The third-order valence-electron chi connectivity index (χ3n) is 7.34. The van der Waals surface area contributed by atoms with Crippen LogP contribution in [0.1, 0.15) is 11.6 Å². The average molecular weight is 598 g/mol. The van der Waals surface area contributed by atoms with Gasteiger partial charge in [-0.05, 0) is 55.1 Å². The van der Waals surface area contributed by atoms with Crippen LogP contribution >= 0.6 is 11.6 Å². The van der Waals surface area contributed by atoms with Crippen molar-refractivity contribution in [2.75, 3.05) is 53.4 Å². The van der Waals surface area contributed by atoms with Crippen LogP contribution in [0.4, 0.5) is 0 Å². The topological polar surface area (TPSA) is 106 Å². The summed E-state index contributed by atoms with van der Waals surface area (Å²) in [6.07, 6.45) is 0. The van der Waals surface area contributed by atoms with Crippen molar-refractivity contribution in [3.8, 4) is 5.75 Å². The predicted octanol–water partition coefficient (Wildman–Crippen LogP) is 2.66. The van der Waals surface area contributed by atoms with E-state index >= 15 is 0 Å². The molecule has 0 saturated carbocycles. The third-order valence-corrected chi connectivity index (χ3v) is 9.27. The quantitative estimate of drug-likeness (QED) is 0.316. The molecule has 41 heavy (non-hydrogen) atoms. The summed E-state index contributed by atoms with van der Waals surface area (Å²) < 4.78 is 34.8. The molecule has 216 valence electrons. The van der Waals surface area contributed by atoms with Crippen molar-refractivity contribution in [1.82, 2.24) is 23.7 Å². The average Bonchev–Trinajstić information content (AvgIpc) is 3.26. The van der Waals surface area contributed by atoms with Gasteiger partial charge in [-0.2, -0.15) is 3.97 Å². The minimum Gasteiger partial charge on any atom is -0.497 e. The molecule has 0 spiro atoms. The fraction of sp³-hybridized carbons (Fsp3) is 0.310. The Kier molecular flexibility index (Phi) is 8.50. The molecule has 1 atom stereocenters. The number of hydrogen-bond acceptors (Lipinski definition) is 7. The number of carbonyl (C=O) groups is 1. The Morgan fingerprint density at radius 2 is 1.66 bits per heavy atom. The summed E-state index contributed by atoms with van der Waals surface area (Å²) in [6.45, 7) is 4.77. The fourth-order valence-electron chi connectivity index (χ4n) is 5.06. The van der Waals surface area contributed by atoms with Crippen molar-refractivity contribution in [1.29, 1.82) is 0 Å². The van der Waals surface area contributed by atoms with Gasteiger partial charge in [-0.1, -0.05) is 41.9 Å². The first-order valence-electron chi connectivity index (χ1n) is 13.3. The zero-order valence-corrected chi connectivity index (χ0v) is 24.4. The van der Waals surface area contributed by atoms with Crippen LogP contribution in [-0.4, -0.2) is 86.1 Å². The zero-order valence-electron chi connectivity index (χ0n) is 22.9. The summed E-state index contributed by atoms with van der Waals surface area (Å²) in [5.74, 6) is 0.0520. The number of rotatable bonds is 9. The van der Waals surface area contributed by atoms with Crippen LogP contribution in [-0.2, 0) is 14.8 Å². The van der Waals surface area contributed by atoms with Gasteiger partial charge in [-0.15, -0.1) is 0 Å². The van der Waals surface area contributed by atoms with Gasteiger partial charge in [-0.25, -0.2) is 13.2 Å². The van der Waals surface area contributed by atoms with Crippen LogP contribution in [0, 0.1) is 0 Å². The number of carbonyl (C=O) groups excluding carboxylic acids is 1. The minimum atomic E-state index is -4.35. The van der Waals surface area contributed by atoms with E-state index in [0.29, 0.717) is 29.4 Å². The molecule has 5 rings (SSSR count). The first-order chi connectivity index (χ1) is 19.7. The molecule has 1 fully saturated rings. The highest BCUT2D eigenvalue weighted by Crippen LogP contribution is 2.28. The number of fused-ring (bicyclic) bond motifs is 1. The Bertz CT molecular complexity index is 1700. The molecule has 3 aromatic carbocycles. The molecule has 1 amide bonds. The van der Waals surface area contributed by atoms with Gasteiger partial charge < -0.3 is 15.0 Å². The second kappa shape index (κ2) is 12.1. The first-order valence-corrected chi connectivity index (χ1v) is 15.1. The number of aromatic nitrogens is 2. The number of benzene rings is 3. The molecule has 1 saturated heterocycles. The maximum absolute atomic E-state index is 14.1. The van der Waals surface area contributed by atoms with Crippen molar-refractivity contribution in [3.63, 3.8) is 0 Å². The van der Waals surface area contributed by atoms with Gasteiger partial charge in [-0.3, -0.25) is 14.3 Å². The van der Waals surface area contributed by atoms with Gasteiger partial charge in [0.15, 0.2) is 0 Å². The molecule has 0 aliphatic carbocycles. The lowest BCUT2D eigenvalue weighted by Gasteiger charge is -2.32. The molecule has 1 N–H and O–H groups in total. The number of nitrogens with one attached hydrogen (secondary N) is 1. The minimum absolute atomic E-state index is 0.0951. The van der Waals surface area contributed by atoms with Crippen LogP contribution in [0.25, 0.3) is 11.0 Å². The van der Waals surface area contributed by atoms with E-state index in [1.54, 1.807) is 24.3 Å². The molecule has 0 bridgehead atoms. The van der Waals surface area contributed by atoms with E-state index in [1.165, 1.54) is 54.1 Å². The molecule has 10 nitrogen and oxygen atoms in total. The number of nitrogens with zero attached hydrogens (tertiary/aromatic N) is 4. The number of likely N-dealkylation sites (N-methyl/N-ethyl adjacent to an activating group) is 1. The van der Waals surface area contributed by atoms with E-state index in [2.05, 4.69) is 22.2 Å². The van der Waals surface area contributed by atoms with E-state index in [-0.39, 0.29) is 15.9 Å². The molecule has 4 aromatic rings. The van der Waals surface area contributed by atoms with Gasteiger partial charge in [0.05, 0.1) is 23.0 Å². The van der Waals surface area contributed by atoms with Gasteiger partial charge in [0.25, 0.3) is 10.0 Å². The van der Waals surface area contributed by atoms with E-state index in [1.807, 2.05) is 6.07 Å². The standard InChI is InChI=1S/C29H32ClN5O5S/c1-32-16-18-33(19-17-32)15-14-31-28(36)27(21-6-4-3-5-7-21)34-26-20-22(30)8-13-25(26)35(29(34)37)41(38,39)24-11-9-23(40-2)10-12-24/h3-13,20,27H,14-19H2,1-2H3,(H,31,36). The Hall–Kier alpha value is -3.64. The highest BCUT2D eigenvalue weighted by molar-refractivity contribution is 7.90. The number of amides is 1. The Labute approximate surface area is 243 Å². The van der Waals surface area contributed by atoms with Crippen LogP contribution in [0.3, 0.4) is 0 Å². The van der Waals surface area contributed by atoms with E-state index in [4.69, 9.17) is 16.3 Å². The van der Waals surface area contributed by atoms with Crippen molar-refractivity contribution in [3.05, 3.63) is 93.9 Å². The zero-order chi connectivity index (χ0) is 29.1. The maximum atomic E-state index is 14.1. The molecule has 12 heteroatoms. The predicted molar refractivity (Wildman–Crippen MR) is 158 cm³/mol. The number of halogens is 1. The molecule has 0 radical (unpaired) electrons. The number of hydrogen-bond donors (Lipinski definition) is 1. The monoisotopic (exact) mass is 597 g/mol. The molecular weight excluding hydrogens is 566 g/mol. The van der Waals surface area contributed by atoms with Gasteiger partial charge >= 0.3 is 5.69 Å². The highest BCUT2D eigenvalue weighted by atomic mass is 35.5. The molecule has 1 unspecified atom stereocenters. The Morgan fingerprint density at radius 3 is 2.32 bits per heavy atom. The van der Waals surface area contributed by atoms with Crippen LogP contribution in [0.2, 0.25) is 5.02 Å². The number of imidazole rings is 1. The lowest BCUT2D eigenvalue weighted by atomic mass is 10.1. The van der Waals surface area contributed by atoms with Crippen LogP contribution in [0.5, 0.6) is 5.75 Å². The maximum Gasteiger partial charge on any atom is 0.344 e. The second-order valence-corrected chi connectivity index (χ2v) is 12.2. The Morgan fingerprint density at radius 1 is 0.976 bits per heavy atom. The normalized spacial score (nSPS) is 15.6. The van der Waals surface area contributed by atoms with Crippen molar-refractivity contribution >= 4 is 38.6 Å². The summed E-state index contributed by atoms with van der Waals surface area (Å²) in [5.41, 5.74) is -0.00207. The second-order valence-electron chi connectivity index (χ2n) is 9.98. The fourth-order valence-corrected chi connectivity index (χ4v) is 6.62. The Balaban J connectivity index is 1.58. The third kappa shape index (κ3) is 5.89. The lowest BCUT2D eigenvalue weighted by Crippen LogP contribution is -2.47. The van der Waals surface area contributed by atoms with E-state index in [0.717, 1.165) is 30.2 Å². The smallest absolute Gasteiger partial charge is 0.344 e. The van der Waals surface area contributed by atoms with Crippen molar-refractivity contribution < 1.29 is 17.9 Å². The largest absolute Gasteiger partial charge is 0.497 e. The highest BCUT2D eigenvalue weighted by Gasteiger charge is 2.32. The molecule has 1 aliphatic rings. The van der Waals surface area contributed by atoms with Crippen LogP contribution in [0.15, 0.2) is 82.5 Å². The molecule has 1 aliphatic heterocycles. The van der Waals surface area contributed by atoms with Gasteiger partial charge in [0.1, 0.15) is 11.8 Å². The molecule has 1 aromatic heterocycles. The van der Waals surface area contributed by atoms with Crippen molar-refractivity contribution in [2.24, 2.45) is 0 Å². The number of piperazine rings is 1. The molecule has 2 heterocycles. The lowest BCUT2D eigenvalue weighted by molar-refractivity contribution is -0.123. The van der Waals surface area contributed by atoms with Gasteiger partial charge in [0.2, 0.25) is 5.91 Å². The first kappa shape index (κ1) is 28.9. The summed E-state index contributed by atoms with van der Waals surface area (Å²) in [7, 11) is -0.789. The van der Waals surface area contributed by atoms with E-state index in [9.17, 15) is 18.0 Å². The summed E-state index contributed by atoms with van der Waals surface area (Å²) in [5, 5.41) is 3.28. The SMILES string of the molecule is COc1ccc(S(=O)(=O)n2c(=O)n(C(C(=O)NCCN3CCN(C)CC3)c3ccccc3)c3cc(Cl)ccc32)cc1. The van der Waals surface area contributed by atoms with Gasteiger partial charge in [0, 0.05) is 44.3 Å². The molecular formula is C29H32ClN5O5S. The summed E-state index contributed by atoms with van der Waals surface area (Å²) in [4.78, 5) is 32.4. The van der Waals surface area contributed by atoms with Crippen LogP contribution < -0.4 is 15.7 Å². The number of ether oxygens (including phenoxy) is 1.